The van der Waals surface area contributed by atoms with Crippen molar-refractivity contribution in [1.82, 2.24) is 5.32 Å². The van der Waals surface area contributed by atoms with Crippen molar-refractivity contribution in [2.45, 2.75) is 13.8 Å². The largest absolute Gasteiger partial charge is 0.491 e. The Labute approximate surface area is 129 Å². The molecule has 0 bridgehead atoms. The molecule has 0 aliphatic rings. The van der Waals surface area contributed by atoms with Crippen LogP contribution in [0.4, 0.5) is 0 Å². The molecule has 1 N–H and O–H groups in total. The summed E-state index contributed by atoms with van der Waals surface area (Å²) in [6.07, 6.45) is 0. The molecule has 0 spiro atoms. The molecule has 0 aromatic heterocycles. The number of hydrogen-bond donors (Lipinski definition) is 1. The van der Waals surface area contributed by atoms with E-state index in [1.807, 2.05) is 32.0 Å². The fourth-order valence-electron chi connectivity index (χ4n) is 1.93. The van der Waals surface area contributed by atoms with Crippen LogP contribution in [-0.2, 0) is 0 Å². The van der Waals surface area contributed by atoms with E-state index in [-0.39, 0.29) is 5.91 Å². The minimum atomic E-state index is -0.190. The van der Waals surface area contributed by atoms with Crippen LogP contribution >= 0.6 is 11.6 Å². The molecule has 1 amide bonds. The number of nitrogens with one attached hydrogen (secondary N) is 1. The molecule has 2 rings (SSSR count). The lowest BCUT2D eigenvalue weighted by Gasteiger charge is -2.11. The van der Waals surface area contributed by atoms with Gasteiger partial charge in [0.15, 0.2) is 0 Å². The first-order valence-electron chi connectivity index (χ1n) is 6.80. The smallest absolute Gasteiger partial charge is 0.252 e. The summed E-state index contributed by atoms with van der Waals surface area (Å²) in [6.45, 7) is 4.86. The maximum absolute atomic E-state index is 11.9. The number of amides is 1. The summed E-state index contributed by atoms with van der Waals surface area (Å²) in [5.74, 6) is 0.659. The number of aryl methyl sites for hydroxylation is 2. The Hall–Kier alpha value is -2.00. The number of carbonyl (C=O) groups excluding carboxylic acids is 1. The molecular weight excluding hydrogens is 286 g/mol. The molecule has 0 atom stereocenters. The first-order valence-corrected chi connectivity index (χ1v) is 7.18. The van der Waals surface area contributed by atoms with Crippen LogP contribution in [0.5, 0.6) is 5.75 Å². The summed E-state index contributed by atoms with van der Waals surface area (Å²) in [5.41, 5.74) is 2.71. The van der Waals surface area contributed by atoms with Crippen molar-refractivity contribution in [1.29, 1.82) is 0 Å². The predicted molar refractivity (Wildman–Crippen MR) is 85.2 cm³/mol. The van der Waals surface area contributed by atoms with Crippen molar-refractivity contribution in [3.63, 3.8) is 0 Å². The van der Waals surface area contributed by atoms with Crippen molar-refractivity contribution in [2.75, 3.05) is 13.2 Å². The zero-order chi connectivity index (χ0) is 15.2. The van der Waals surface area contributed by atoms with E-state index in [9.17, 15) is 4.79 Å². The van der Waals surface area contributed by atoms with Crippen molar-refractivity contribution >= 4 is 17.5 Å². The van der Waals surface area contributed by atoms with Crippen LogP contribution in [0.15, 0.2) is 42.5 Å². The van der Waals surface area contributed by atoms with Crippen LogP contribution in [-0.4, -0.2) is 19.1 Å². The first kappa shape index (κ1) is 15.4. The fourth-order valence-corrected chi connectivity index (χ4v) is 2.15. The second-order valence-corrected chi connectivity index (χ2v) is 5.26. The zero-order valence-corrected chi connectivity index (χ0v) is 12.9. The predicted octanol–water partition coefficient (Wildman–Crippen LogP) is 3.77. The molecule has 4 heteroatoms. The number of ether oxygens (including phenoxy) is 1. The summed E-state index contributed by atoms with van der Waals surface area (Å²) in [7, 11) is 0. The molecule has 3 nitrogen and oxygen atoms in total. The van der Waals surface area contributed by atoms with Gasteiger partial charge in [0.05, 0.1) is 17.1 Å². The van der Waals surface area contributed by atoms with Gasteiger partial charge in [0.25, 0.3) is 5.91 Å². The molecule has 0 saturated heterocycles. The quantitative estimate of drug-likeness (QED) is 0.854. The standard InChI is InChI=1S/C17H18ClNO2/c1-12-7-8-13(2)16(11-12)21-10-9-19-17(20)14-5-3-4-6-15(14)18/h3-8,11H,9-10H2,1-2H3,(H,19,20). The molecule has 2 aromatic rings. The van der Waals surface area contributed by atoms with Gasteiger partial charge in [-0.2, -0.15) is 0 Å². The molecule has 0 fully saturated rings. The van der Waals surface area contributed by atoms with E-state index in [1.165, 1.54) is 0 Å². The molecule has 0 aliphatic heterocycles. The Morgan fingerprint density at radius 2 is 1.95 bits per heavy atom. The van der Waals surface area contributed by atoms with Crippen LogP contribution in [0.2, 0.25) is 5.02 Å². The van der Waals surface area contributed by atoms with Crippen molar-refractivity contribution < 1.29 is 9.53 Å². The van der Waals surface area contributed by atoms with Gasteiger partial charge in [-0.25, -0.2) is 0 Å². The van der Waals surface area contributed by atoms with Gasteiger partial charge in [-0.15, -0.1) is 0 Å². The van der Waals surface area contributed by atoms with Crippen molar-refractivity contribution in [3.05, 3.63) is 64.2 Å². The highest BCUT2D eigenvalue weighted by Gasteiger charge is 2.08. The normalized spacial score (nSPS) is 10.2. The van der Waals surface area contributed by atoms with Crippen LogP contribution in [0, 0.1) is 13.8 Å². The third-order valence-corrected chi connectivity index (χ3v) is 3.44. The molecule has 0 aliphatic carbocycles. The lowest BCUT2D eigenvalue weighted by Crippen LogP contribution is -2.28. The average Bonchev–Trinajstić information content (AvgIpc) is 2.47. The Kier molecular flexibility index (Phi) is 5.23. The summed E-state index contributed by atoms with van der Waals surface area (Å²) in [4.78, 5) is 11.9. The Bertz CT molecular complexity index is 640. The third kappa shape index (κ3) is 4.23. The highest BCUT2D eigenvalue weighted by atomic mass is 35.5. The lowest BCUT2D eigenvalue weighted by molar-refractivity contribution is 0.0947. The molecular formula is C17H18ClNO2. The summed E-state index contributed by atoms with van der Waals surface area (Å²) < 4.78 is 5.69. The van der Waals surface area contributed by atoms with Crippen molar-refractivity contribution in [3.8, 4) is 5.75 Å². The van der Waals surface area contributed by atoms with Gasteiger partial charge < -0.3 is 10.1 Å². The summed E-state index contributed by atoms with van der Waals surface area (Å²) in [5, 5.41) is 3.25. The molecule has 0 radical (unpaired) electrons. The number of hydrogen-bond acceptors (Lipinski definition) is 2. The van der Waals surface area contributed by atoms with Crippen molar-refractivity contribution in [2.24, 2.45) is 0 Å². The van der Waals surface area contributed by atoms with Gasteiger partial charge in [-0.1, -0.05) is 35.9 Å². The summed E-state index contributed by atoms with van der Waals surface area (Å²) >= 11 is 5.97. The Balaban J connectivity index is 1.84. The van der Waals surface area contributed by atoms with E-state index >= 15 is 0 Å². The topological polar surface area (TPSA) is 38.3 Å². The SMILES string of the molecule is Cc1ccc(C)c(OCCNC(=O)c2ccccc2Cl)c1. The van der Waals surface area contributed by atoms with Crippen LogP contribution in [0.3, 0.4) is 0 Å². The number of carbonyl (C=O) groups is 1. The van der Waals surface area contributed by atoms with E-state index in [0.29, 0.717) is 23.7 Å². The molecule has 2 aromatic carbocycles. The van der Waals surface area contributed by atoms with Gasteiger partial charge in [-0.3, -0.25) is 4.79 Å². The number of benzene rings is 2. The minimum absolute atomic E-state index is 0.190. The lowest BCUT2D eigenvalue weighted by atomic mass is 10.1. The zero-order valence-electron chi connectivity index (χ0n) is 12.2. The molecule has 21 heavy (non-hydrogen) atoms. The number of halogens is 1. The highest BCUT2D eigenvalue weighted by Crippen LogP contribution is 2.18. The third-order valence-electron chi connectivity index (χ3n) is 3.11. The van der Waals surface area contributed by atoms with Gasteiger partial charge in [-0.05, 0) is 43.2 Å². The van der Waals surface area contributed by atoms with Gasteiger partial charge >= 0.3 is 0 Å². The number of rotatable bonds is 5. The summed E-state index contributed by atoms with van der Waals surface area (Å²) in [6, 6.07) is 13.0. The van der Waals surface area contributed by atoms with Gasteiger partial charge in [0.2, 0.25) is 0 Å². The van der Waals surface area contributed by atoms with E-state index < -0.39 is 0 Å². The first-order chi connectivity index (χ1) is 10.1. The highest BCUT2D eigenvalue weighted by molar-refractivity contribution is 6.33. The van der Waals surface area contributed by atoms with E-state index in [1.54, 1.807) is 24.3 Å². The molecule has 0 saturated carbocycles. The Morgan fingerprint density at radius 1 is 1.19 bits per heavy atom. The van der Waals surface area contributed by atoms with E-state index in [2.05, 4.69) is 5.32 Å². The second kappa shape index (κ2) is 7.14. The maximum atomic E-state index is 11.9. The Morgan fingerprint density at radius 3 is 2.71 bits per heavy atom. The monoisotopic (exact) mass is 303 g/mol. The van der Waals surface area contributed by atoms with E-state index in [0.717, 1.165) is 16.9 Å². The fraction of sp³-hybridized carbons (Fsp3) is 0.235. The maximum Gasteiger partial charge on any atom is 0.252 e. The van der Waals surface area contributed by atoms with Gasteiger partial charge in [0.1, 0.15) is 12.4 Å². The van der Waals surface area contributed by atoms with E-state index in [4.69, 9.17) is 16.3 Å². The second-order valence-electron chi connectivity index (χ2n) is 4.85. The van der Waals surface area contributed by atoms with Crippen LogP contribution in [0.1, 0.15) is 21.5 Å². The molecule has 110 valence electrons. The molecule has 0 heterocycles. The average molecular weight is 304 g/mol. The van der Waals surface area contributed by atoms with Crippen LogP contribution < -0.4 is 10.1 Å². The van der Waals surface area contributed by atoms with Gasteiger partial charge in [0, 0.05) is 0 Å². The minimum Gasteiger partial charge on any atom is -0.491 e. The van der Waals surface area contributed by atoms with Crippen LogP contribution in [0.25, 0.3) is 0 Å². The molecule has 0 unspecified atom stereocenters.